The molecule has 2 aliphatic rings. The zero-order valence-corrected chi connectivity index (χ0v) is 15.5. The van der Waals surface area contributed by atoms with Crippen molar-refractivity contribution >= 4 is 17.7 Å². The molecule has 2 fully saturated rings. The normalized spacial score (nSPS) is 20.2. The van der Waals surface area contributed by atoms with E-state index in [0.717, 1.165) is 43.1 Å². The summed E-state index contributed by atoms with van der Waals surface area (Å²) in [6.07, 6.45) is 1.60. The van der Waals surface area contributed by atoms with Crippen LogP contribution >= 0.6 is 11.6 Å². The van der Waals surface area contributed by atoms with Crippen LogP contribution in [-0.4, -0.2) is 42.1 Å². The second-order valence-electron chi connectivity index (χ2n) is 7.07. The van der Waals surface area contributed by atoms with E-state index in [2.05, 4.69) is 41.3 Å². The molecular weight excluding hydrogens is 348 g/mol. The number of ether oxygens (including phenoxy) is 1. The lowest BCUT2D eigenvalue weighted by Crippen LogP contribution is -2.53. The first-order chi connectivity index (χ1) is 12.7. The van der Waals surface area contributed by atoms with E-state index in [9.17, 15) is 4.79 Å². The van der Waals surface area contributed by atoms with Gasteiger partial charge in [0, 0.05) is 24.7 Å². The van der Waals surface area contributed by atoms with Crippen molar-refractivity contribution < 1.29 is 9.53 Å². The molecule has 0 unspecified atom stereocenters. The van der Waals surface area contributed by atoms with Crippen molar-refractivity contribution in [3.05, 3.63) is 70.7 Å². The van der Waals surface area contributed by atoms with Crippen LogP contribution in [0, 0.1) is 0 Å². The summed E-state index contributed by atoms with van der Waals surface area (Å²) in [4.78, 5) is 16.7. The standard InChI is InChI=1S/C21H23ClN2O2/c22-19-8-6-18(7-9-19)21(24-14-15-26-20(24)25)10-12-23(13-11-21)16-17-4-2-1-3-5-17/h1-9H,10-16H2. The molecule has 2 saturated heterocycles. The van der Waals surface area contributed by atoms with Gasteiger partial charge in [0.05, 0.1) is 12.1 Å². The smallest absolute Gasteiger partial charge is 0.410 e. The van der Waals surface area contributed by atoms with Crippen LogP contribution in [0.2, 0.25) is 5.02 Å². The van der Waals surface area contributed by atoms with Crippen LogP contribution in [0.5, 0.6) is 0 Å². The van der Waals surface area contributed by atoms with Crippen molar-refractivity contribution in [3.8, 4) is 0 Å². The van der Waals surface area contributed by atoms with Gasteiger partial charge in [0.1, 0.15) is 6.61 Å². The molecule has 4 rings (SSSR count). The molecular formula is C21H23ClN2O2. The van der Waals surface area contributed by atoms with Crippen LogP contribution in [0.25, 0.3) is 0 Å². The third-order valence-corrected chi connectivity index (χ3v) is 5.84. The zero-order chi connectivity index (χ0) is 18.0. The minimum atomic E-state index is -0.300. The first-order valence-electron chi connectivity index (χ1n) is 9.14. The first-order valence-corrected chi connectivity index (χ1v) is 9.52. The van der Waals surface area contributed by atoms with Crippen molar-refractivity contribution in [2.24, 2.45) is 0 Å². The van der Waals surface area contributed by atoms with E-state index in [1.807, 2.05) is 23.1 Å². The Morgan fingerprint density at radius 3 is 2.27 bits per heavy atom. The number of amides is 1. The SMILES string of the molecule is O=C1OCCN1C1(c2ccc(Cl)cc2)CCN(Cc2ccccc2)CC1. The second kappa shape index (κ2) is 7.29. The number of rotatable bonds is 4. The molecule has 2 aliphatic heterocycles. The van der Waals surface area contributed by atoms with Gasteiger partial charge >= 0.3 is 6.09 Å². The molecule has 2 aromatic rings. The number of hydrogen-bond acceptors (Lipinski definition) is 3. The number of carbonyl (C=O) groups is 1. The molecule has 0 bridgehead atoms. The van der Waals surface area contributed by atoms with Gasteiger partial charge in [-0.1, -0.05) is 54.1 Å². The number of cyclic esters (lactones) is 1. The highest BCUT2D eigenvalue weighted by molar-refractivity contribution is 6.30. The van der Waals surface area contributed by atoms with Gasteiger partial charge in [0.25, 0.3) is 0 Å². The van der Waals surface area contributed by atoms with Crippen molar-refractivity contribution in [2.75, 3.05) is 26.2 Å². The predicted molar refractivity (Wildman–Crippen MR) is 102 cm³/mol. The Hall–Kier alpha value is -2.04. The maximum atomic E-state index is 12.4. The first kappa shape index (κ1) is 17.4. The summed E-state index contributed by atoms with van der Waals surface area (Å²) >= 11 is 6.08. The van der Waals surface area contributed by atoms with Gasteiger partial charge in [0.2, 0.25) is 0 Å². The molecule has 0 aliphatic carbocycles. The van der Waals surface area contributed by atoms with Crippen molar-refractivity contribution in [1.82, 2.24) is 9.80 Å². The lowest BCUT2D eigenvalue weighted by atomic mass is 9.79. The molecule has 0 N–H and O–H groups in total. The number of carbonyl (C=O) groups excluding carboxylic acids is 1. The van der Waals surface area contributed by atoms with Crippen LogP contribution in [0.1, 0.15) is 24.0 Å². The molecule has 1 amide bonds. The van der Waals surface area contributed by atoms with Gasteiger partial charge in [-0.15, -0.1) is 0 Å². The Morgan fingerprint density at radius 2 is 1.65 bits per heavy atom. The Morgan fingerprint density at radius 1 is 0.962 bits per heavy atom. The summed E-state index contributed by atoms with van der Waals surface area (Å²) in [6, 6.07) is 18.5. The summed E-state index contributed by atoms with van der Waals surface area (Å²) in [5.74, 6) is 0. The van der Waals surface area contributed by atoms with Crippen LogP contribution in [0.15, 0.2) is 54.6 Å². The molecule has 4 nitrogen and oxygen atoms in total. The minimum absolute atomic E-state index is 0.198. The Labute approximate surface area is 159 Å². The Kier molecular flexibility index (Phi) is 4.88. The van der Waals surface area contributed by atoms with E-state index in [-0.39, 0.29) is 11.6 Å². The second-order valence-corrected chi connectivity index (χ2v) is 7.50. The molecule has 0 saturated carbocycles. The lowest BCUT2D eigenvalue weighted by molar-refractivity contribution is 0.0460. The van der Waals surface area contributed by atoms with E-state index < -0.39 is 0 Å². The molecule has 0 radical (unpaired) electrons. The van der Waals surface area contributed by atoms with E-state index in [4.69, 9.17) is 16.3 Å². The monoisotopic (exact) mass is 370 g/mol. The highest BCUT2D eigenvalue weighted by Crippen LogP contribution is 2.41. The van der Waals surface area contributed by atoms with Crippen LogP contribution < -0.4 is 0 Å². The van der Waals surface area contributed by atoms with Crippen molar-refractivity contribution in [2.45, 2.75) is 24.9 Å². The Bertz CT molecular complexity index is 755. The lowest BCUT2D eigenvalue weighted by Gasteiger charge is -2.46. The van der Waals surface area contributed by atoms with Crippen LogP contribution in [0.4, 0.5) is 4.79 Å². The van der Waals surface area contributed by atoms with Crippen LogP contribution in [-0.2, 0) is 16.8 Å². The van der Waals surface area contributed by atoms with Gasteiger partial charge in [0.15, 0.2) is 0 Å². The van der Waals surface area contributed by atoms with Crippen molar-refractivity contribution in [3.63, 3.8) is 0 Å². The van der Waals surface area contributed by atoms with Gasteiger partial charge in [-0.3, -0.25) is 9.80 Å². The number of halogens is 1. The quantitative estimate of drug-likeness (QED) is 0.805. The number of piperidine rings is 1. The van der Waals surface area contributed by atoms with Gasteiger partial charge in [-0.2, -0.15) is 0 Å². The molecule has 0 spiro atoms. The topological polar surface area (TPSA) is 32.8 Å². The maximum absolute atomic E-state index is 12.4. The fourth-order valence-electron chi connectivity index (χ4n) is 4.18. The largest absolute Gasteiger partial charge is 0.448 e. The summed E-state index contributed by atoms with van der Waals surface area (Å²) in [6.45, 7) is 3.96. The van der Waals surface area contributed by atoms with Gasteiger partial charge < -0.3 is 4.74 Å². The van der Waals surface area contributed by atoms with E-state index in [1.165, 1.54) is 5.56 Å². The van der Waals surface area contributed by atoms with Gasteiger partial charge in [-0.25, -0.2) is 4.79 Å². The molecule has 136 valence electrons. The van der Waals surface area contributed by atoms with E-state index in [0.29, 0.717) is 13.2 Å². The fourth-order valence-corrected chi connectivity index (χ4v) is 4.31. The number of likely N-dealkylation sites (tertiary alicyclic amines) is 1. The summed E-state index contributed by atoms with van der Waals surface area (Å²) in [7, 11) is 0. The summed E-state index contributed by atoms with van der Waals surface area (Å²) in [5.41, 5.74) is 2.18. The molecule has 0 atom stereocenters. The van der Waals surface area contributed by atoms with Crippen molar-refractivity contribution in [1.29, 1.82) is 0 Å². The van der Waals surface area contributed by atoms with E-state index in [1.54, 1.807) is 0 Å². The highest BCUT2D eigenvalue weighted by Gasteiger charge is 2.46. The van der Waals surface area contributed by atoms with Crippen LogP contribution in [0.3, 0.4) is 0 Å². The Balaban J connectivity index is 1.56. The zero-order valence-electron chi connectivity index (χ0n) is 14.7. The summed E-state index contributed by atoms with van der Waals surface area (Å²) in [5, 5.41) is 0.717. The third-order valence-electron chi connectivity index (χ3n) is 5.59. The average Bonchev–Trinajstić information content (AvgIpc) is 3.11. The minimum Gasteiger partial charge on any atom is -0.448 e. The maximum Gasteiger partial charge on any atom is 0.410 e. The average molecular weight is 371 g/mol. The number of nitrogens with zero attached hydrogens (tertiary/aromatic N) is 2. The predicted octanol–water partition coefficient (Wildman–Crippen LogP) is 4.28. The van der Waals surface area contributed by atoms with Gasteiger partial charge in [-0.05, 0) is 36.1 Å². The summed E-state index contributed by atoms with van der Waals surface area (Å²) < 4.78 is 5.26. The third kappa shape index (κ3) is 3.31. The highest BCUT2D eigenvalue weighted by atomic mass is 35.5. The molecule has 2 heterocycles. The molecule has 26 heavy (non-hydrogen) atoms. The fraction of sp³-hybridized carbons (Fsp3) is 0.381. The molecule has 0 aromatic heterocycles. The molecule has 5 heteroatoms. The number of hydrogen-bond donors (Lipinski definition) is 0. The number of benzene rings is 2. The molecule has 2 aromatic carbocycles. The van der Waals surface area contributed by atoms with E-state index >= 15 is 0 Å².